The number of hydrogen-bond acceptors (Lipinski definition) is 5. The maximum Gasteiger partial charge on any atom is 0.159 e. The Morgan fingerprint density at radius 1 is 1.53 bits per heavy atom. The first-order chi connectivity index (χ1) is 8.24. The predicted molar refractivity (Wildman–Crippen MR) is 68.1 cm³/mol. The highest BCUT2D eigenvalue weighted by molar-refractivity contribution is 7.10. The Kier molecular flexibility index (Phi) is 3.47. The number of anilines is 2. The summed E-state index contributed by atoms with van der Waals surface area (Å²) in [6.45, 7) is 0. The van der Waals surface area contributed by atoms with Crippen LogP contribution in [0, 0.1) is 11.3 Å². The molecule has 0 aliphatic carbocycles. The molecular weight excluding hydrogens is 258 g/mol. The lowest BCUT2D eigenvalue weighted by atomic mass is 10.3. The highest BCUT2D eigenvalue weighted by atomic mass is 35.5. The minimum absolute atomic E-state index is 0.506. The summed E-state index contributed by atoms with van der Waals surface area (Å²) in [4.78, 5) is 4.60. The zero-order chi connectivity index (χ0) is 12.3. The molecule has 86 valence electrons. The zero-order valence-corrected chi connectivity index (χ0v) is 10.5. The lowest BCUT2D eigenvalue weighted by Crippen LogP contribution is -1.93. The van der Waals surface area contributed by atoms with E-state index < -0.39 is 0 Å². The predicted octanol–water partition coefficient (Wildman–Crippen LogP) is 3.42. The van der Waals surface area contributed by atoms with Gasteiger partial charge >= 0.3 is 0 Å². The highest BCUT2D eigenvalue weighted by Crippen LogP contribution is 2.29. The van der Waals surface area contributed by atoms with E-state index in [1.54, 1.807) is 24.8 Å². The smallest absolute Gasteiger partial charge is 0.159 e. The molecule has 0 bridgehead atoms. The summed E-state index contributed by atoms with van der Waals surface area (Å²) in [5.41, 5.74) is 2.38. The van der Waals surface area contributed by atoms with Gasteiger partial charge in [-0.2, -0.15) is 5.26 Å². The number of rotatable bonds is 3. The van der Waals surface area contributed by atoms with Crippen molar-refractivity contribution in [3.63, 3.8) is 0 Å². The first-order valence-electron chi connectivity index (χ1n) is 4.68. The van der Waals surface area contributed by atoms with Crippen molar-refractivity contribution < 1.29 is 4.74 Å². The Labute approximate surface area is 107 Å². The Morgan fingerprint density at radius 3 is 3.00 bits per heavy atom. The maximum atomic E-state index is 8.86. The fraction of sp³-hybridized carbons (Fsp3) is 0.0909. The maximum absolute atomic E-state index is 8.86. The summed E-state index contributed by atoms with van der Waals surface area (Å²) < 4.78 is 5.05. The second-order valence-electron chi connectivity index (χ2n) is 3.12. The van der Waals surface area contributed by atoms with Crippen molar-refractivity contribution in [3.05, 3.63) is 33.6 Å². The number of benzene rings is 1. The van der Waals surface area contributed by atoms with E-state index in [0.717, 1.165) is 5.69 Å². The van der Waals surface area contributed by atoms with Crippen LogP contribution in [0.3, 0.4) is 0 Å². The van der Waals surface area contributed by atoms with E-state index in [1.165, 1.54) is 11.3 Å². The average molecular weight is 266 g/mol. The number of aromatic nitrogens is 1. The molecule has 1 aromatic heterocycles. The Balaban J connectivity index is 2.25. The van der Waals surface area contributed by atoms with Gasteiger partial charge < -0.3 is 10.1 Å². The summed E-state index contributed by atoms with van der Waals surface area (Å²) >= 11 is 7.28. The van der Waals surface area contributed by atoms with Gasteiger partial charge in [0.15, 0.2) is 5.82 Å². The number of methoxy groups -OCH3 is 1. The van der Waals surface area contributed by atoms with Crippen LogP contribution in [0.4, 0.5) is 11.5 Å². The normalized spacial score (nSPS) is 9.71. The van der Waals surface area contributed by atoms with Crippen molar-refractivity contribution in [3.8, 4) is 11.8 Å². The molecule has 0 spiro atoms. The third-order valence-electron chi connectivity index (χ3n) is 2.08. The van der Waals surface area contributed by atoms with E-state index in [0.29, 0.717) is 21.5 Å². The van der Waals surface area contributed by atoms with Crippen molar-refractivity contribution in [2.75, 3.05) is 12.4 Å². The van der Waals surface area contributed by atoms with Crippen LogP contribution in [0.15, 0.2) is 23.7 Å². The van der Waals surface area contributed by atoms with E-state index >= 15 is 0 Å². The van der Waals surface area contributed by atoms with Gasteiger partial charge in [0, 0.05) is 5.69 Å². The monoisotopic (exact) mass is 265 g/mol. The van der Waals surface area contributed by atoms with Crippen LogP contribution in [0.25, 0.3) is 0 Å². The van der Waals surface area contributed by atoms with Crippen molar-refractivity contribution in [1.29, 1.82) is 5.26 Å². The summed E-state index contributed by atoms with van der Waals surface area (Å²) in [7, 11) is 1.56. The topological polar surface area (TPSA) is 57.9 Å². The van der Waals surface area contributed by atoms with Crippen LogP contribution < -0.4 is 10.1 Å². The number of thiazole rings is 1. The molecule has 0 saturated carbocycles. The van der Waals surface area contributed by atoms with Gasteiger partial charge in [0.2, 0.25) is 0 Å². The SMILES string of the molecule is COc1ccc(Nc2ncsc2C#N)cc1Cl. The molecule has 0 radical (unpaired) electrons. The van der Waals surface area contributed by atoms with Crippen molar-refractivity contribution >= 4 is 34.4 Å². The molecule has 0 atom stereocenters. The van der Waals surface area contributed by atoms with E-state index in [9.17, 15) is 0 Å². The van der Waals surface area contributed by atoms with Crippen LogP contribution in [0.5, 0.6) is 5.75 Å². The molecule has 1 heterocycles. The van der Waals surface area contributed by atoms with Gasteiger partial charge in [0.25, 0.3) is 0 Å². The summed E-state index contributed by atoms with van der Waals surface area (Å²) in [6.07, 6.45) is 0. The van der Waals surface area contributed by atoms with Gasteiger partial charge in [0.1, 0.15) is 16.7 Å². The number of hydrogen-bond donors (Lipinski definition) is 1. The van der Waals surface area contributed by atoms with E-state index in [1.807, 2.05) is 6.07 Å². The molecule has 1 N–H and O–H groups in total. The molecule has 2 aromatic rings. The fourth-order valence-corrected chi connectivity index (χ4v) is 2.08. The lowest BCUT2D eigenvalue weighted by Gasteiger charge is -2.07. The third kappa shape index (κ3) is 2.49. The number of nitrogens with zero attached hydrogens (tertiary/aromatic N) is 2. The molecule has 0 aliphatic heterocycles. The molecule has 0 fully saturated rings. The van der Waals surface area contributed by atoms with Crippen LogP contribution in [0.1, 0.15) is 4.88 Å². The van der Waals surface area contributed by atoms with Gasteiger partial charge in [-0.15, -0.1) is 11.3 Å². The van der Waals surface area contributed by atoms with E-state index in [-0.39, 0.29) is 0 Å². The quantitative estimate of drug-likeness (QED) is 0.924. The van der Waals surface area contributed by atoms with Crippen LogP contribution >= 0.6 is 22.9 Å². The standard InChI is InChI=1S/C11H8ClN3OS/c1-16-9-3-2-7(4-8(9)12)15-11-10(5-13)17-6-14-11/h2-4,6,15H,1H3. The molecule has 6 heteroatoms. The number of halogens is 1. The van der Waals surface area contributed by atoms with Crippen molar-refractivity contribution in [1.82, 2.24) is 4.98 Å². The molecule has 1 aromatic carbocycles. The fourth-order valence-electron chi connectivity index (χ4n) is 1.30. The largest absolute Gasteiger partial charge is 0.495 e. The third-order valence-corrected chi connectivity index (χ3v) is 3.11. The minimum atomic E-state index is 0.506. The first kappa shape index (κ1) is 11.7. The molecule has 4 nitrogen and oxygen atoms in total. The second-order valence-corrected chi connectivity index (χ2v) is 4.38. The summed E-state index contributed by atoms with van der Waals surface area (Å²) in [5, 5.41) is 12.4. The molecule has 0 amide bonds. The number of nitriles is 1. The highest BCUT2D eigenvalue weighted by Gasteiger charge is 2.07. The second kappa shape index (κ2) is 5.04. The summed E-state index contributed by atoms with van der Waals surface area (Å²) in [5.74, 6) is 1.15. The molecule has 0 saturated heterocycles. The van der Waals surface area contributed by atoms with E-state index in [4.69, 9.17) is 21.6 Å². The van der Waals surface area contributed by atoms with Crippen molar-refractivity contribution in [2.24, 2.45) is 0 Å². The van der Waals surface area contributed by atoms with E-state index in [2.05, 4.69) is 16.4 Å². The molecule has 0 aliphatic rings. The Bertz CT molecular complexity index is 576. The van der Waals surface area contributed by atoms with Crippen molar-refractivity contribution in [2.45, 2.75) is 0 Å². The zero-order valence-electron chi connectivity index (χ0n) is 8.90. The molecule has 17 heavy (non-hydrogen) atoms. The summed E-state index contributed by atoms with van der Waals surface area (Å²) in [6, 6.07) is 7.36. The molecule has 2 rings (SSSR count). The Hall–Kier alpha value is -1.77. The number of ether oxygens (including phenoxy) is 1. The van der Waals surface area contributed by atoms with Gasteiger partial charge in [-0.25, -0.2) is 4.98 Å². The van der Waals surface area contributed by atoms with Crippen LogP contribution in [-0.4, -0.2) is 12.1 Å². The van der Waals surface area contributed by atoms with Crippen LogP contribution in [-0.2, 0) is 0 Å². The van der Waals surface area contributed by atoms with Gasteiger partial charge in [0.05, 0.1) is 17.6 Å². The van der Waals surface area contributed by atoms with Gasteiger partial charge in [-0.3, -0.25) is 0 Å². The van der Waals surface area contributed by atoms with Crippen LogP contribution in [0.2, 0.25) is 5.02 Å². The average Bonchev–Trinajstić information content (AvgIpc) is 2.76. The number of nitrogens with one attached hydrogen (secondary N) is 1. The molecule has 0 unspecified atom stereocenters. The first-order valence-corrected chi connectivity index (χ1v) is 5.94. The van der Waals surface area contributed by atoms with Gasteiger partial charge in [-0.1, -0.05) is 11.6 Å². The lowest BCUT2D eigenvalue weighted by molar-refractivity contribution is 0.415. The Morgan fingerprint density at radius 2 is 2.35 bits per heavy atom. The minimum Gasteiger partial charge on any atom is -0.495 e. The van der Waals surface area contributed by atoms with Gasteiger partial charge in [-0.05, 0) is 18.2 Å². The molecular formula is C11H8ClN3OS.